The van der Waals surface area contributed by atoms with Crippen molar-refractivity contribution < 1.29 is 9.90 Å². The van der Waals surface area contributed by atoms with E-state index in [1.807, 2.05) is 24.3 Å². The third-order valence-corrected chi connectivity index (χ3v) is 5.80. The molecule has 0 aliphatic heterocycles. The van der Waals surface area contributed by atoms with Gasteiger partial charge in [0.05, 0.1) is 5.56 Å². The summed E-state index contributed by atoms with van der Waals surface area (Å²) in [5.74, 6) is -0.907. The Hall–Kier alpha value is -3.65. The summed E-state index contributed by atoms with van der Waals surface area (Å²) in [6, 6.07) is 23.9. The molecule has 3 aromatic rings. The molecular weight excluding hydrogens is 380 g/mol. The Balaban J connectivity index is 1.63. The van der Waals surface area contributed by atoms with Crippen molar-refractivity contribution in [3.05, 3.63) is 118 Å². The predicted octanol–water partition coefficient (Wildman–Crippen LogP) is 7.33. The minimum Gasteiger partial charge on any atom is -0.478 e. The van der Waals surface area contributed by atoms with Gasteiger partial charge in [-0.2, -0.15) is 0 Å². The summed E-state index contributed by atoms with van der Waals surface area (Å²) in [4.78, 5) is 11.0. The maximum atomic E-state index is 11.0. The molecule has 0 bridgehead atoms. The van der Waals surface area contributed by atoms with Gasteiger partial charge in [-0.25, -0.2) is 4.79 Å². The van der Waals surface area contributed by atoms with Crippen LogP contribution in [0.5, 0.6) is 0 Å². The molecule has 154 valence electrons. The zero-order valence-electron chi connectivity index (χ0n) is 17.9. The fraction of sp³-hybridized carbons (Fsp3) is 0.138. The summed E-state index contributed by atoms with van der Waals surface area (Å²) in [6.07, 6.45) is 11.8. The molecule has 2 nitrogen and oxygen atoms in total. The van der Waals surface area contributed by atoms with Crippen LogP contribution < -0.4 is 0 Å². The highest BCUT2D eigenvalue weighted by molar-refractivity contribution is 5.88. The standard InChI is InChI=1S/C29H26O2/c1-29(2)19-18-24(14-10-21-6-4-3-5-7-21)26-20-23(13-17-27(26)29)9-8-22-11-15-25(16-12-22)28(30)31/h3-18,20H,19H2,1-2H3,(H,30,31)/b9-8+,14-10-. The molecule has 0 amide bonds. The van der Waals surface area contributed by atoms with Gasteiger partial charge >= 0.3 is 5.97 Å². The van der Waals surface area contributed by atoms with Crippen LogP contribution in [0.3, 0.4) is 0 Å². The van der Waals surface area contributed by atoms with E-state index in [9.17, 15) is 4.79 Å². The highest BCUT2D eigenvalue weighted by Gasteiger charge is 2.27. The molecule has 0 saturated carbocycles. The number of rotatable bonds is 5. The van der Waals surface area contributed by atoms with E-state index in [1.54, 1.807) is 12.1 Å². The molecule has 0 heterocycles. The molecule has 4 rings (SSSR count). The van der Waals surface area contributed by atoms with Gasteiger partial charge in [-0.05, 0) is 63.4 Å². The first-order valence-corrected chi connectivity index (χ1v) is 10.5. The lowest BCUT2D eigenvalue weighted by Crippen LogP contribution is -2.21. The average molecular weight is 407 g/mol. The number of aromatic carboxylic acids is 1. The largest absolute Gasteiger partial charge is 0.478 e. The van der Waals surface area contributed by atoms with E-state index in [0.717, 1.165) is 17.5 Å². The van der Waals surface area contributed by atoms with E-state index in [1.165, 1.54) is 22.3 Å². The molecule has 2 heteroatoms. The molecule has 0 aromatic heterocycles. The van der Waals surface area contributed by atoms with E-state index in [-0.39, 0.29) is 5.41 Å². The molecule has 3 aromatic carbocycles. The lowest BCUT2D eigenvalue weighted by Gasteiger charge is -2.31. The molecule has 0 unspecified atom stereocenters. The molecule has 1 aliphatic rings. The molecular formula is C29H26O2. The van der Waals surface area contributed by atoms with Gasteiger partial charge in [0.15, 0.2) is 0 Å². The summed E-state index contributed by atoms with van der Waals surface area (Å²) >= 11 is 0. The van der Waals surface area contributed by atoms with Crippen molar-refractivity contribution in [3.63, 3.8) is 0 Å². The molecule has 0 atom stereocenters. The second-order valence-electron chi connectivity index (χ2n) is 8.56. The lowest BCUT2D eigenvalue weighted by atomic mass is 9.73. The molecule has 0 radical (unpaired) electrons. The van der Waals surface area contributed by atoms with Crippen molar-refractivity contribution >= 4 is 29.8 Å². The fourth-order valence-electron chi connectivity index (χ4n) is 3.92. The van der Waals surface area contributed by atoms with Gasteiger partial charge in [-0.3, -0.25) is 0 Å². The van der Waals surface area contributed by atoms with Crippen molar-refractivity contribution in [2.24, 2.45) is 0 Å². The molecule has 1 N–H and O–H groups in total. The van der Waals surface area contributed by atoms with Gasteiger partial charge in [0.1, 0.15) is 0 Å². The highest BCUT2D eigenvalue weighted by atomic mass is 16.4. The number of carboxylic acids is 1. The summed E-state index contributed by atoms with van der Waals surface area (Å²) in [6.45, 7) is 4.58. The van der Waals surface area contributed by atoms with Crippen LogP contribution in [0.4, 0.5) is 0 Å². The highest BCUT2D eigenvalue weighted by Crippen LogP contribution is 2.40. The first-order valence-electron chi connectivity index (χ1n) is 10.5. The smallest absolute Gasteiger partial charge is 0.335 e. The number of fused-ring (bicyclic) bond motifs is 1. The molecule has 0 fully saturated rings. The van der Waals surface area contributed by atoms with Crippen molar-refractivity contribution in [1.82, 2.24) is 0 Å². The van der Waals surface area contributed by atoms with E-state index in [4.69, 9.17) is 5.11 Å². The summed E-state index contributed by atoms with van der Waals surface area (Å²) in [7, 11) is 0. The van der Waals surface area contributed by atoms with Crippen LogP contribution >= 0.6 is 0 Å². The van der Waals surface area contributed by atoms with E-state index < -0.39 is 5.97 Å². The van der Waals surface area contributed by atoms with Crippen LogP contribution in [-0.4, -0.2) is 11.1 Å². The van der Waals surface area contributed by atoms with Crippen LogP contribution in [0.1, 0.15) is 58.4 Å². The minimum absolute atomic E-state index is 0.105. The third-order valence-electron chi connectivity index (χ3n) is 5.80. The Bertz CT molecular complexity index is 1180. The van der Waals surface area contributed by atoms with Crippen molar-refractivity contribution in [2.45, 2.75) is 25.7 Å². The lowest BCUT2D eigenvalue weighted by molar-refractivity contribution is 0.0697. The van der Waals surface area contributed by atoms with Crippen LogP contribution in [0.2, 0.25) is 0 Å². The molecule has 0 saturated heterocycles. The van der Waals surface area contributed by atoms with Gasteiger partial charge in [-0.15, -0.1) is 0 Å². The number of allylic oxidation sites excluding steroid dienone is 3. The molecule has 31 heavy (non-hydrogen) atoms. The number of carbonyl (C=O) groups is 1. The van der Waals surface area contributed by atoms with Gasteiger partial charge in [-0.1, -0.05) is 98.8 Å². The quantitative estimate of drug-likeness (QED) is 0.450. The zero-order valence-corrected chi connectivity index (χ0v) is 17.9. The predicted molar refractivity (Wildman–Crippen MR) is 130 cm³/mol. The van der Waals surface area contributed by atoms with Crippen LogP contribution in [0.25, 0.3) is 23.8 Å². The number of carboxylic acid groups (broad SMARTS) is 1. The van der Waals surface area contributed by atoms with Gasteiger partial charge in [0.2, 0.25) is 0 Å². The van der Waals surface area contributed by atoms with Gasteiger partial charge < -0.3 is 5.11 Å². The molecule has 0 spiro atoms. The zero-order chi connectivity index (χ0) is 21.8. The van der Waals surface area contributed by atoms with Crippen molar-refractivity contribution in [2.75, 3.05) is 0 Å². The monoisotopic (exact) mass is 406 g/mol. The normalized spacial score (nSPS) is 15.1. The minimum atomic E-state index is -0.907. The first-order chi connectivity index (χ1) is 14.9. The Morgan fingerprint density at radius 1 is 0.806 bits per heavy atom. The maximum Gasteiger partial charge on any atom is 0.335 e. The Morgan fingerprint density at radius 2 is 1.42 bits per heavy atom. The first kappa shape index (κ1) is 20.6. The van der Waals surface area contributed by atoms with Crippen LogP contribution in [0.15, 0.2) is 84.9 Å². The Morgan fingerprint density at radius 3 is 2.13 bits per heavy atom. The Kier molecular flexibility index (Phi) is 5.73. The second-order valence-corrected chi connectivity index (χ2v) is 8.56. The number of hydrogen-bond acceptors (Lipinski definition) is 1. The van der Waals surface area contributed by atoms with Gasteiger partial charge in [0, 0.05) is 0 Å². The second kappa shape index (κ2) is 8.61. The Labute approximate surface area is 183 Å². The third kappa shape index (κ3) is 4.75. The average Bonchev–Trinajstić information content (AvgIpc) is 2.78. The van der Waals surface area contributed by atoms with E-state index in [0.29, 0.717) is 5.56 Å². The summed E-state index contributed by atoms with van der Waals surface area (Å²) < 4.78 is 0. The SMILES string of the molecule is CC1(C)CC=C(/C=C\c2ccccc2)c2cc(/C=C/c3ccc(C(=O)O)cc3)ccc21. The van der Waals surface area contributed by atoms with E-state index >= 15 is 0 Å². The van der Waals surface area contributed by atoms with Crippen LogP contribution in [-0.2, 0) is 5.41 Å². The summed E-state index contributed by atoms with van der Waals surface area (Å²) in [5.41, 5.74) is 7.58. The van der Waals surface area contributed by atoms with Crippen molar-refractivity contribution in [1.29, 1.82) is 0 Å². The molecule has 1 aliphatic carbocycles. The fourth-order valence-corrected chi connectivity index (χ4v) is 3.92. The number of benzene rings is 3. The van der Waals surface area contributed by atoms with Gasteiger partial charge in [0.25, 0.3) is 0 Å². The maximum absolute atomic E-state index is 11.0. The van der Waals surface area contributed by atoms with Crippen LogP contribution in [0, 0.1) is 0 Å². The number of hydrogen-bond donors (Lipinski definition) is 1. The van der Waals surface area contributed by atoms with Crippen molar-refractivity contribution in [3.8, 4) is 0 Å². The van der Waals surface area contributed by atoms with E-state index in [2.05, 4.69) is 80.6 Å². The summed E-state index contributed by atoms with van der Waals surface area (Å²) in [5, 5.41) is 9.05. The topological polar surface area (TPSA) is 37.3 Å².